The van der Waals surface area contributed by atoms with Crippen LogP contribution in [-0.2, 0) is 27.8 Å². The summed E-state index contributed by atoms with van der Waals surface area (Å²) < 4.78 is 62.4. The predicted molar refractivity (Wildman–Crippen MR) is 118 cm³/mol. The minimum atomic E-state index is -4.24. The summed E-state index contributed by atoms with van der Waals surface area (Å²) in [5.41, 5.74) is 1.26. The van der Waals surface area contributed by atoms with Crippen molar-refractivity contribution in [3.63, 3.8) is 0 Å². The number of carboxylic acids is 1. The van der Waals surface area contributed by atoms with Crippen molar-refractivity contribution in [2.45, 2.75) is 36.7 Å². The van der Waals surface area contributed by atoms with Crippen molar-refractivity contribution in [1.29, 1.82) is 0 Å². The number of aromatic nitrogens is 2. The number of fused-ring (bicyclic) bond motifs is 1. The van der Waals surface area contributed by atoms with Gasteiger partial charge in [-0.2, -0.15) is 9.40 Å². The summed E-state index contributed by atoms with van der Waals surface area (Å²) in [7, 11) is -2.88. The van der Waals surface area contributed by atoms with Crippen LogP contribution in [0.3, 0.4) is 0 Å². The number of rotatable bonds is 7. The Morgan fingerprint density at radius 3 is 2.68 bits per heavy atom. The lowest BCUT2D eigenvalue weighted by Gasteiger charge is -2.31. The average Bonchev–Trinajstić information content (AvgIpc) is 3.19. The molecule has 0 radical (unpaired) electrons. The van der Waals surface area contributed by atoms with Crippen LogP contribution in [0.15, 0.2) is 47.5 Å². The molecule has 1 heterocycles. The van der Waals surface area contributed by atoms with Gasteiger partial charge in [0.15, 0.2) is 11.6 Å². The standard InChI is InChI=1S/C22H20ClF2N3O5S/c1-27(18-3-2-4-19-15(18)11-26-28(19)12-22(29)30)34(31,32)21-10-17(25)20(9-16(21)23)33-14-7-5-13(24)6-8-14/h5-11,18H,2-4,12H2,1H3,(H,29,30)/t18-/m1/s1. The molecule has 0 amide bonds. The van der Waals surface area contributed by atoms with E-state index in [9.17, 15) is 22.0 Å². The highest BCUT2D eigenvalue weighted by Crippen LogP contribution is 2.39. The third-order valence-corrected chi connectivity index (χ3v) is 7.97. The fourth-order valence-corrected chi connectivity index (χ4v) is 5.84. The van der Waals surface area contributed by atoms with Crippen molar-refractivity contribution < 1.29 is 31.8 Å². The second-order valence-corrected chi connectivity index (χ2v) is 10.2. The molecule has 0 saturated carbocycles. The number of carbonyl (C=O) groups is 1. The first-order valence-electron chi connectivity index (χ1n) is 10.2. The average molecular weight is 512 g/mol. The minimum Gasteiger partial charge on any atom is -0.480 e. The second-order valence-electron chi connectivity index (χ2n) is 7.80. The number of aliphatic carboxylic acids is 1. The van der Waals surface area contributed by atoms with E-state index in [2.05, 4.69) is 5.10 Å². The van der Waals surface area contributed by atoms with E-state index in [1.165, 1.54) is 30.1 Å². The smallest absolute Gasteiger partial charge is 0.325 e. The topological polar surface area (TPSA) is 102 Å². The Bertz CT molecular complexity index is 1350. The molecule has 12 heteroatoms. The van der Waals surface area contributed by atoms with E-state index in [1.54, 1.807) is 0 Å². The molecular weight excluding hydrogens is 492 g/mol. The van der Waals surface area contributed by atoms with Gasteiger partial charge in [-0.1, -0.05) is 11.6 Å². The summed E-state index contributed by atoms with van der Waals surface area (Å²) in [6.07, 6.45) is 3.14. The highest BCUT2D eigenvalue weighted by atomic mass is 35.5. The van der Waals surface area contributed by atoms with Gasteiger partial charge >= 0.3 is 5.97 Å². The number of ether oxygens (including phenoxy) is 1. The maximum Gasteiger partial charge on any atom is 0.325 e. The van der Waals surface area contributed by atoms with Crippen molar-refractivity contribution >= 4 is 27.6 Å². The zero-order chi connectivity index (χ0) is 24.6. The highest BCUT2D eigenvalue weighted by molar-refractivity contribution is 7.89. The molecule has 0 unspecified atom stereocenters. The van der Waals surface area contributed by atoms with Crippen molar-refractivity contribution in [2.24, 2.45) is 0 Å². The van der Waals surface area contributed by atoms with Crippen LogP contribution in [0, 0.1) is 11.6 Å². The minimum absolute atomic E-state index is 0.150. The van der Waals surface area contributed by atoms with E-state index in [0.717, 1.165) is 28.6 Å². The van der Waals surface area contributed by atoms with Gasteiger partial charge < -0.3 is 9.84 Å². The van der Waals surface area contributed by atoms with Crippen molar-refractivity contribution in [2.75, 3.05) is 7.05 Å². The Morgan fingerprint density at radius 1 is 1.29 bits per heavy atom. The van der Waals surface area contributed by atoms with Crippen LogP contribution >= 0.6 is 11.6 Å². The van der Waals surface area contributed by atoms with Gasteiger partial charge in [-0.3, -0.25) is 9.48 Å². The summed E-state index contributed by atoms with van der Waals surface area (Å²) in [6, 6.07) is 6.09. The molecule has 3 aromatic rings. The number of benzene rings is 2. The monoisotopic (exact) mass is 511 g/mol. The van der Waals surface area contributed by atoms with Crippen LogP contribution in [0.2, 0.25) is 5.02 Å². The molecule has 1 aromatic heterocycles. The third kappa shape index (κ3) is 4.63. The van der Waals surface area contributed by atoms with E-state index in [-0.39, 0.29) is 23.1 Å². The fraction of sp³-hybridized carbons (Fsp3) is 0.273. The van der Waals surface area contributed by atoms with Crippen LogP contribution in [0.4, 0.5) is 8.78 Å². The van der Waals surface area contributed by atoms with Gasteiger partial charge in [0.2, 0.25) is 10.0 Å². The Balaban J connectivity index is 1.63. The molecule has 0 saturated heterocycles. The van der Waals surface area contributed by atoms with Crippen LogP contribution < -0.4 is 4.74 Å². The molecule has 2 aromatic carbocycles. The van der Waals surface area contributed by atoms with Gasteiger partial charge in [-0.25, -0.2) is 17.2 Å². The van der Waals surface area contributed by atoms with E-state index in [0.29, 0.717) is 30.5 Å². The molecule has 0 bridgehead atoms. The molecule has 1 N–H and O–H groups in total. The molecule has 180 valence electrons. The number of nitrogens with zero attached hydrogens (tertiary/aromatic N) is 3. The highest BCUT2D eigenvalue weighted by Gasteiger charge is 2.35. The third-order valence-electron chi connectivity index (χ3n) is 5.64. The summed E-state index contributed by atoms with van der Waals surface area (Å²) in [5, 5.41) is 12.9. The molecule has 0 spiro atoms. The van der Waals surface area contributed by atoms with E-state index in [1.807, 2.05) is 0 Å². The number of sulfonamides is 1. The fourth-order valence-electron chi connectivity index (χ4n) is 3.98. The predicted octanol–water partition coefficient (Wildman–Crippen LogP) is 4.39. The molecule has 1 aliphatic rings. The Labute approximate surface area is 199 Å². The SMILES string of the molecule is CN([C@@H]1CCCc2c1cnn2CC(=O)O)S(=O)(=O)c1cc(F)c(Oc2ccc(F)cc2)cc1Cl. The maximum atomic E-state index is 14.8. The van der Waals surface area contributed by atoms with E-state index >= 15 is 0 Å². The lowest BCUT2D eigenvalue weighted by molar-refractivity contribution is -0.137. The number of hydrogen-bond acceptors (Lipinski definition) is 5. The van der Waals surface area contributed by atoms with Crippen LogP contribution in [-0.4, -0.2) is 40.6 Å². The molecule has 8 nitrogen and oxygen atoms in total. The molecular formula is C22H20ClF2N3O5S. The van der Waals surface area contributed by atoms with Crippen LogP contribution in [0.25, 0.3) is 0 Å². The first-order valence-corrected chi connectivity index (χ1v) is 12.1. The van der Waals surface area contributed by atoms with Gasteiger partial charge in [-0.15, -0.1) is 0 Å². The van der Waals surface area contributed by atoms with Crippen molar-refractivity contribution in [3.05, 3.63) is 70.5 Å². The molecule has 1 aliphatic carbocycles. The largest absolute Gasteiger partial charge is 0.480 e. The Hall–Kier alpha value is -3.02. The number of carboxylic acid groups (broad SMARTS) is 1. The summed E-state index contributed by atoms with van der Waals surface area (Å²) >= 11 is 6.23. The lowest BCUT2D eigenvalue weighted by atomic mass is 9.93. The Kier molecular flexibility index (Phi) is 6.61. The Morgan fingerprint density at radius 2 is 2.00 bits per heavy atom. The normalized spacial score (nSPS) is 15.9. The lowest BCUT2D eigenvalue weighted by Crippen LogP contribution is -2.33. The number of halogens is 3. The van der Waals surface area contributed by atoms with Gasteiger partial charge in [0, 0.05) is 24.4 Å². The molecule has 0 aliphatic heterocycles. The van der Waals surface area contributed by atoms with Crippen molar-refractivity contribution in [3.8, 4) is 11.5 Å². The quantitative estimate of drug-likeness (QED) is 0.505. The summed E-state index contributed by atoms with van der Waals surface area (Å²) in [6.45, 7) is -0.328. The van der Waals surface area contributed by atoms with Gasteiger partial charge in [0.05, 0.1) is 17.3 Å². The first kappa shape index (κ1) is 24.1. The molecule has 4 rings (SSSR count). The van der Waals surface area contributed by atoms with Crippen LogP contribution in [0.5, 0.6) is 11.5 Å². The summed E-state index contributed by atoms with van der Waals surface area (Å²) in [5.74, 6) is -2.67. The van der Waals surface area contributed by atoms with Crippen molar-refractivity contribution in [1.82, 2.24) is 14.1 Å². The van der Waals surface area contributed by atoms with Gasteiger partial charge in [0.25, 0.3) is 0 Å². The maximum absolute atomic E-state index is 14.8. The molecule has 1 atom stereocenters. The van der Waals surface area contributed by atoms with E-state index in [4.69, 9.17) is 21.4 Å². The second kappa shape index (κ2) is 9.32. The van der Waals surface area contributed by atoms with Gasteiger partial charge in [-0.05, 0) is 49.6 Å². The zero-order valence-corrected chi connectivity index (χ0v) is 19.5. The summed E-state index contributed by atoms with van der Waals surface area (Å²) in [4.78, 5) is 10.7. The van der Waals surface area contributed by atoms with E-state index < -0.39 is 38.6 Å². The zero-order valence-electron chi connectivity index (χ0n) is 17.9. The van der Waals surface area contributed by atoms with Gasteiger partial charge in [0.1, 0.15) is 23.0 Å². The molecule has 34 heavy (non-hydrogen) atoms. The first-order chi connectivity index (χ1) is 16.1. The van der Waals surface area contributed by atoms with Crippen LogP contribution in [0.1, 0.15) is 30.1 Å². The number of hydrogen-bond donors (Lipinski definition) is 1. The molecule has 0 fully saturated rings.